The molecule has 1 fully saturated rings. The van der Waals surface area contributed by atoms with Gasteiger partial charge in [0.15, 0.2) is 5.17 Å². The summed E-state index contributed by atoms with van der Waals surface area (Å²) < 4.78 is 7.48. The average molecular weight is 496 g/mol. The number of carbonyl (C=O) groups is 1. The van der Waals surface area contributed by atoms with Gasteiger partial charge in [0.05, 0.1) is 16.8 Å². The van der Waals surface area contributed by atoms with Gasteiger partial charge in [-0.3, -0.25) is 4.79 Å². The van der Waals surface area contributed by atoms with Gasteiger partial charge < -0.3 is 15.0 Å². The molecule has 3 aliphatic rings. The number of benzene rings is 1. The standard InChI is InChI=1S/C21H26BrN3O2S2/c1-4-20(2)10-15-11-29-19(23-17(26)14-8-6-5-7-9-14)24-21(15,13-27-20)18-25(3)16(22)12-28-18/h5-9,12,15,18H,4,10-11,13H2,1-3H3,(H,23,24,26)/t15-,18?,20?,21-/m0/s1. The molecule has 1 saturated heterocycles. The maximum Gasteiger partial charge on any atom is 0.257 e. The molecule has 2 unspecified atom stereocenters. The van der Waals surface area contributed by atoms with Crippen LogP contribution in [0.5, 0.6) is 0 Å². The average Bonchev–Trinajstić information content (AvgIpc) is 3.08. The molecule has 3 heterocycles. The van der Waals surface area contributed by atoms with E-state index in [2.05, 4.69) is 52.4 Å². The van der Waals surface area contributed by atoms with Crippen LogP contribution in [0.3, 0.4) is 0 Å². The van der Waals surface area contributed by atoms with Crippen LogP contribution in [0.2, 0.25) is 0 Å². The van der Waals surface area contributed by atoms with Gasteiger partial charge in [0.25, 0.3) is 5.91 Å². The molecule has 0 spiro atoms. The van der Waals surface area contributed by atoms with Crippen molar-refractivity contribution in [3.05, 3.63) is 45.9 Å². The molecule has 5 nitrogen and oxygen atoms in total. The topological polar surface area (TPSA) is 53.9 Å². The van der Waals surface area contributed by atoms with Crippen molar-refractivity contribution in [2.45, 2.75) is 43.2 Å². The molecule has 8 heteroatoms. The third-order valence-electron chi connectivity index (χ3n) is 6.18. The van der Waals surface area contributed by atoms with Crippen molar-refractivity contribution in [3.8, 4) is 0 Å². The van der Waals surface area contributed by atoms with E-state index in [1.54, 1.807) is 23.5 Å². The predicted molar refractivity (Wildman–Crippen MR) is 125 cm³/mol. The Balaban J connectivity index is 1.64. The van der Waals surface area contributed by atoms with Crippen LogP contribution in [0.1, 0.15) is 37.0 Å². The predicted octanol–water partition coefficient (Wildman–Crippen LogP) is 4.66. The zero-order chi connectivity index (χ0) is 20.6. The van der Waals surface area contributed by atoms with E-state index >= 15 is 0 Å². The number of nitrogens with one attached hydrogen (secondary N) is 1. The molecule has 0 bridgehead atoms. The Kier molecular flexibility index (Phi) is 6.08. The number of ether oxygens (including phenoxy) is 1. The molecule has 0 aliphatic carbocycles. The molecule has 0 saturated carbocycles. The second-order valence-electron chi connectivity index (χ2n) is 8.07. The van der Waals surface area contributed by atoms with Crippen molar-refractivity contribution in [2.75, 3.05) is 19.4 Å². The molecule has 0 radical (unpaired) electrons. The van der Waals surface area contributed by atoms with Crippen LogP contribution in [-0.4, -0.2) is 51.9 Å². The summed E-state index contributed by atoms with van der Waals surface area (Å²) in [4.78, 5) is 20.1. The summed E-state index contributed by atoms with van der Waals surface area (Å²) >= 11 is 7.07. The number of aliphatic imine (C=N–C) groups is 1. The largest absolute Gasteiger partial charge is 0.373 e. The van der Waals surface area contributed by atoms with Crippen molar-refractivity contribution >= 4 is 50.5 Å². The fourth-order valence-corrected chi connectivity index (χ4v) is 7.23. The lowest BCUT2D eigenvalue weighted by Crippen LogP contribution is -2.62. The summed E-state index contributed by atoms with van der Waals surface area (Å²) in [5, 5.41) is 5.99. The molecular weight excluding hydrogens is 470 g/mol. The number of hydrogen-bond donors (Lipinski definition) is 1. The van der Waals surface area contributed by atoms with Gasteiger partial charge >= 0.3 is 0 Å². The number of hydrogen-bond acceptors (Lipinski definition) is 6. The number of nitrogens with zero attached hydrogens (tertiary/aromatic N) is 2. The van der Waals surface area contributed by atoms with Crippen molar-refractivity contribution in [1.29, 1.82) is 0 Å². The van der Waals surface area contributed by atoms with Gasteiger partial charge in [-0.1, -0.05) is 36.9 Å². The molecule has 29 heavy (non-hydrogen) atoms. The molecule has 4 atom stereocenters. The fourth-order valence-electron chi connectivity index (χ4n) is 4.15. The van der Waals surface area contributed by atoms with Crippen LogP contribution in [0.4, 0.5) is 0 Å². The minimum Gasteiger partial charge on any atom is -0.373 e. The highest BCUT2D eigenvalue weighted by molar-refractivity contribution is 9.11. The smallest absolute Gasteiger partial charge is 0.257 e. The number of rotatable bonds is 3. The Labute approximate surface area is 189 Å². The first-order valence-electron chi connectivity index (χ1n) is 9.84. The molecule has 1 N–H and O–H groups in total. The summed E-state index contributed by atoms with van der Waals surface area (Å²) in [6, 6.07) is 9.29. The highest BCUT2D eigenvalue weighted by Gasteiger charge is 2.56. The summed E-state index contributed by atoms with van der Waals surface area (Å²) in [5.41, 5.74) is 0.133. The van der Waals surface area contributed by atoms with Crippen molar-refractivity contribution < 1.29 is 9.53 Å². The highest BCUT2D eigenvalue weighted by atomic mass is 79.9. The van der Waals surface area contributed by atoms with Gasteiger partial charge in [0, 0.05) is 29.7 Å². The fraction of sp³-hybridized carbons (Fsp3) is 0.524. The van der Waals surface area contributed by atoms with Crippen LogP contribution in [0, 0.1) is 5.92 Å². The molecule has 4 rings (SSSR count). The van der Waals surface area contributed by atoms with Crippen LogP contribution in [0.25, 0.3) is 0 Å². The Bertz CT molecular complexity index is 850. The third-order valence-corrected chi connectivity index (χ3v) is 9.65. The van der Waals surface area contributed by atoms with E-state index < -0.39 is 5.54 Å². The molecule has 156 valence electrons. The first-order valence-corrected chi connectivity index (χ1v) is 12.6. The summed E-state index contributed by atoms with van der Waals surface area (Å²) in [6.07, 6.45) is 1.96. The van der Waals surface area contributed by atoms with E-state index in [0.717, 1.165) is 23.2 Å². The zero-order valence-electron chi connectivity index (χ0n) is 16.9. The van der Waals surface area contributed by atoms with Crippen LogP contribution in [-0.2, 0) is 4.74 Å². The number of fused-ring (bicyclic) bond motifs is 1. The lowest BCUT2D eigenvalue weighted by molar-refractivity contribution is -0.125. The molecule has 1 amide bonds. The Morgan fingerprint density at radius 3 is 2.83 bits per heavy atom. The number of halogens is 1. The van der Waals surface area contributed by atoms with E-state index in [-0.39, 0.29) is 16.9 Å². The second-order valence-corrected chi connectivity index (χ2v) is 10.8. The second kappa shape index (κ2) is 8.29. The summed E-state index contributed by atoms with van der Waals surface area (Å²) in [5.74, 6) is 1.19. The van der Waals surface area contributed by atoms with E-state index in [9.17, 15) is 4.79 Å². The van der Waals surface area contributed by atoms with E-state index in [4.69, 9.17) is 9.73 Å². The van der Waals surface area contributed by atoms with Crippen molar-refractivity contribution in [1.82, 2.24) is 10.2 Å². The van der Waals surface area contributed by atoms with Crippen LogP contribution >= 0.6 is 39.5 Å². The van der Waals surface area contributed by atoms with E-state index in [1.807, 2.05) is 30.3 Å². The summed E-state index contributed by atoms with van der Waals surface area (Å²) in [7, 11) is 2.09. The zero-order valence-corrected chi connectivity index (χ0v) is 20.1. The van der Waals surface area contributed by atoms with Crippen molar-refractivity contribution in [2.24, 2.45) is 10.9 Å². The Morgan fingerprint density at radius 2 is 2.17 bits per heavy atom. The van der Waals surface area contributed by atoms with Gasteiger partial charge in [0.2, 0.25) is 0 Å². The van der Waals surface area contributed by atoms with Crippen molar-refractivity contribution in [3.63, 3.8) is 0 Å². The van der Waals surface area contributed by atoms with E-state index in [0.29, 0.717) is 23.3 Å². The van der Waals surface area contributed by atoms with Crippen LogP contribution in [0.15, 0.2) is 45.3 Å². The molecule has 1 aromatic carbocycles. The number of amides is 1. The highest BCUT2D eigenvalue weighted by Crippen LogP contribution is 2.51. The van der Waals surface area contributed by atoms with Gasteiger partial charge in [0.1, 0.15) is 10.9 Å². The SMILES string of the molecule is CCC1(C)C[C@H]2CSC(NC(=O)c3ccccc3)=N[C@@]2(C2SC=C(Br)N2C)CO1. The normalized spacial score (nSPS) is 34.3. The van der Waals surface area contributed by atoms with Crippen LogP contribution < -0.4 is 5.32 Å². The monoisotopic (exact) mass is 495 g/mol. The van der Waals surface area contributed by atoms with Gasteiger partial charge in [-0.15, -0.1) is 11.8 Å². The number of likely N-dealkylation sites (N-methyl/N-ethyl adjacent to an activating group) is 1. The maximum atomic E-state index is 12.7. The minimum atomic E-state index is -0.398. The maximum absolute atomic E-state index is 12.7. The first-order chi connectivity index (χ1) is 13.9. The molecule has 1 aromatic rings. The quantitative estimate of drug-likeness (QED) is 0.617. The van der Waals surface area contributed by atoms with Gasteiger partial charge in [-0.05, 0) is 47.8 Å². The van der Waals surface area contributed by atoms with E-state index in [1.165, 1.54) is 0 Å². The third kappa shape index (κ3) is 4.01. The van der Waals surface area contributed by atoms with Gasteiger partial charge in [-0.25, -0.2) is 4.99 Å². The lowest BCUT2D eigenvalue weighted by atomic mass is 9.74. The molecule has 3 aliphatic heterocycles. The Morgan fingerprint density at radius 1 is 1.41 bits per heavy atom. The first kappa shape index (κ1) is 21.3. The molecule has 0 aromatic heterocycles. The number of carbonyl (C=O) groups excluding carboxylic acids is 1. The van der Waals surface area contributed by atoms with Gasteiger partial charge in [-0.2, -0.15) is 0 Å². The Hall–Kier alpha value is -0.960. The number of amidine groups is 1. The minimum absolute atomic E-state index is 0.110. The number of thioether (sulfide) groups is 2. The molecular formula is C21H26BrN3O2S2. The lowest BCUT2D eigenvalue weighted by Gasteiger charge is -2.53. The summed E-state index contributed by atoms with van der Waals surface area (Å²) in [6.45, 7) is 4.95.